The second kappa shape index (κ2) is 11.1. The number of carbonyl (C=O) groups is 1. The third kappa shape index (κ3) is 5.58. The summed E-state index contributed by atoms with van der Waals surface area (Å²) >= 11 is 12.1. The standard InChI is InChI=1S/C26H29Cl2N5O4/c1-17-5-8-22-19(15-17)23(24(33(36)37)26(35)32(22)10-4-9-29(2)3)30-11-13-31(14-12-30)25(34)18-6-7-20(27)21(28)16-18/h5-8,15-16H,4,9-14H2,1-3H3. The molecule has 1 aromatic heterocycles. The Balaban J connectivity index is 1.69. The van der Waals surface area contributed by atoms with E-state index in [1.54, 1.807) is 17.0 Å². The fourth-order valence-corrected chi connectivity index (χ4v) is 5.04. The van der Waals surface area contributed by atoms with Crippen LogP contribution in [0.2, 0.25) is 10.0 Å². The van der Waals surface area contributed by atoms with Crippen molar-refractivity contribution in [1.82, 2.24) is 14.4 Å². The number of amides is 1. The maximum atomic E-state index is 13.5. The van der Waals surface area contributed by atoms with Crippen molar-refractivity contribution in [2.45, 2.75) is 19.9 Å². The normalized spacial score (nSPS) is 14.0. The predicted molar refractivity (Wildman–Crippen MR) is 147 cm³/mol. The van der Waals surface area contributed by atoms with Crippen LogP contribution in [0.15, 0.2) is 41.2 Å². The number of fused-ring (bicyclic) bond motifs is 1. The number of piperazine rings is 1. The van der Waals surface area contributed by atoms with Gasteiger partial charge in [0.1, 0.15) is 5.69 Å². The fourth-order valence-electron chi connectivity index (χ4n) is 4.74. The number of aromatic nitrogens is 1. The van der Waals surface area contributed by atoms with Crippen molar-refractivity contribution in [3.8, 4) is 0 Å². The molecule has 1 saturated heterocycles. The molecule has 196 valence electrons. The van der Waals surface area contributed by atoms with E-state index in [-0.39, 0.29) is 5.91 Å². The van der Waals surface area contributed by atoms with Gasteiger partial charge >= 0.3 is 11.2 Å². The van der Waals surface area contributed by atoms with Gasteiger partial charge in [0.05, 0.1) is 20.5 Å². The van der Waals surface area contributed by atoms with Crippen LogP contribution < -0.4 is 10.5 Å². The molecule has 1 aliphatic heterocycles. The van der Waals surface area contributed by atoms with Gasteiger partial charge in [-0.05, 0) is 64.3 Å². The average molecular weight is 546 g/mol. The lowest BCUT2D eigenvalue weighted by Gasteiger charge is -2.36. The Kier molecular flexibility index (Phi) is 8.06. The summed E-state index contributed by atoms with van der Waals surface area (Å²) in [4.78, 5) is 43.7. The number of hydrogen-bond donors (Lipinski definition) is 0. The first-order valence-electron chi connectivity index (χ1n) is 12.0. The Morgan fingerprint density at radius 1 is 1.05 bits per heavy atom. The van der Waals surface area contributed by atoms with E-state index in [9.17, 15) is 19.7 Å². The second-order valence-electron chi connectivity index (χ2n) is 9.50. The second-order valence-corrected chi connectivity index (χ2v) is 10.3. The minimum absolute atomic E-state index is 0.190. The third-order valence-electron chi connectivity index (χ3n) is 6.59. The number of benzene rings is 2. The molecule has 2 aromatic carbocycles. The molecule has 0 bridgehead atoms. The van der Waals surface area contributed by atoms with Gasteiger partial charge < -0.3 is 19.3 Å². The molecule has 3 aromatic rings. The van der Waals surface area contributed by atoms with Crippen LogP contribution in [0.1, 0.15) is 22.3 Å². The molecule has 1 amide bonds. The molecule has 0 radical (unpaired) electrons. The van der Waals surface area contributed by atoms with Gasteiger partial charge in [-0.15, -0.1) is 0 Å². The molecule has 0 saturated carbocycles. The summed E-state index contributed by atoms with van der Waals surface area (Å²) in [5.74, 6) is -0.190. The third-order valence-corrected chi connectivity index (χ3v) is 7.33. The summed E-state index contributed by atoms with van der Waals surface area (Å²) < 4.78 is 1.52. The summed E-state index contributed by atoms with van der Waals surface area (Å²) in [6.45, 7) is 4.44. The van der Waals surface area contributed by atoms with Crippen LogP contribution in [0.4, 0.5) is 11.4 Å². The number of carbonyl (C=O) groups excluding carboxylic acids is 1. The van der Waals surface area contributed by atoms with Crippen molar-refractivity contribution in [3.05, 3.63) is 78.0 Å². The van der Waals surface area contributed by atoms with Crippen molar-refractivity contribution >= 4 is 51.4 Å². The molecule has 0 atom stereocenters. The molecule has 2 heterocycles. The first-order valence-corrected chi connectivity index (χ1v) is 12.8. The Hall–Kier alpha value is -3.14. The van der Waals surface area contributed by atoms with Crippen LogP contribution in [0, 0.1) is 17.0 Å². The zero-order chi connectivity index (χ0) is 26.9. The molecular formula is C26H29Cl2N5O4. The van der Waals surface area contributed by atoms with Crippen LogP contribution in [0.5, 0.6) is 0 Å². The monoisotopic (exact) mass is 545 g/mol. The minimum atomic E-state index is -0.607. The van der Waals surface area contributed by atoms with Gasteiger partial charge in [0.25, 0.3) is 5.91 Å². The van der Waals surface area contributed by atoms with Crippen LogP contribution >= 0.6 is 23.2 Å². The number of aryl methyl sites for hydroxylation is 2. The van der Waals surface area contributed by atoms with Crippen LogP contribution in [-0.2, 0) is 6.54 Å². The van der Waals surface area contributed by atoms with Crippen molar-refractivity contribution < 1.29 is 9.72 Å². The summed E-state index contributed by atoms with van der Waals surface area (Å²) in [5.41, 5.74) is 1.32. The predicted octanol–water partition coefficient (Wildman–Crippen LogP) is 4.44. The van der Waals surface area contributed by atoms with Gasteiger partial charge in [0.15, 0.2) is 0 Å². The van der Waals surface area contributed by atoms with E-state index >= 15 is 0 Å². The van der Waals surface area contributed by atoms with Gasteiger partial charge in [-0.3, -0.25) is 19.7 Å². The first-order chi connectivity index (χ1) is 17.6. The van der Waals surface area contributed by atoms with Crippen molar-refractivity contribution in [3.63, 3.8) is 0 Å². The maximum Gasteiger partial charge on any atom is 0.357 e. The van der Waals surface area contributed by atoms with Gasteiger partial charge in [-0.25, -0.2) is 0 Å². The largest absolute Gasteiger partial charge is 0.362 e. The Labute approximate surface area is 224 Å². The number of nitrogens with zero attached hydrogens (tertiary/aromatic N) is 5. The number of nitro groups is 1. The summed E-state index contributed by atoms with van der Waals surface area (Å²) in [6, 6.07) is 10.4. The highest BCUT2D eigenvalue weighted by molar-refractivity contribution is 6.42. The minimum Gasteiger partial charge on any atom is -0.362 e. The van der Waals surface area contributed by atoms with Crippen molar-refractivity contribution in [2.24, 2.45) is 0 Å². The highest BCUT2D eigenvalue weighted by Crippen LogP contribution is 2.35. The summed E-state index contributed by atoms with van der Waals surface area (Å²) in [7, 11) is 3.89. The SMILES string of the molecule is Cc1ccc2c(c1)c(N1CCN(C(=O)c3ccc(Cl)c(Cl)c3)CC1)c([N+](=O)[O-])c(=O)n2CCCN(C)C. The molecule has 37 heavy (non-hydrogen) atoms. The lowest BCUT2D eigenvalue weighted by Crippen LogP contribution is -2.49. The molecule has 1 aliphatic rings. The lowest BCUT2D eigenvalue weighted by molar-refractivity contribution is -0.385. The number of anilines is 1. The zero-order valence-electron chi connectivity index (χ0n) is 21.0. The topological polar surface area (TPSA) is 91.9 Å². The van der Waals surface area contributed by atoms with Gasteiger partial charge in [0, 0.05) is 43.7 Å². The Bertz CT molecular complexity index is 1410. The highest BCUT2D eigenvalue weighted by Gasteiger charge is 2.32. The summed E-state index contributed by atoms with van der Waals surface area (Å²) in [5, 5.41) is 13.6. The van der Waals surface area contributed by atoms with Crippen LogP contribution in [-0.4, -0.2) is 72.0 Å². The maximum absolute atomic E-state index is 13.5. The molecule has 4 rings (SSSR count). The quantitative estimate of drug-likeness (QED) is 0.322. The lowest BCUT2D eigenvalue weighted by atomic mass is 10.1. The molecule has 0 spiro atoms. The van der Waals surface area contributed by atoms with Crippen LogP contribution in [0.25, 0.3) is 10.9 Å². The molecule has 0 N–H and O–H groups in total. The van der Waals surface area contributed by atoms with E-state index in [0.717, 1.165) is 12.1 Å². The van der Waals surface area contributed by atoms with Gasteiger partial charge in [-0.1, -0.05) is 34.8 Å². The zero-order valence-corrected chi connectivity index (χ0v) is 22.6. The van der Waals surface area contributed by atoms with Gasteiger partial charge in [-0.2, -0.15) is 0 Å². The van der Waals surface area contributed by atoms with E-state index in [0.29, 0.717) is 71.3 Å². The number of pyridine rings is 1. The average Bonchev–Trinajstić information content (AvgIpc) is 2.86. The van der Waals surface area contributed by atoms with Crippen LogP contribution in [0.3, 0.4) is 0 Å². The molecule has 1 fully saturated rings. The van der Waals surface area contributed by atoms with Gasteiger partial charge in [0.2, 0.25) is 0 Å². The van der Waals surface area contributed by atoms with E-state index in [1.807, 2.05) is 49.0 Å². The summed E-state index contributed by atoms with van der Waals surface area (Å²) in [6.07, 6.45) is 0.682. The van der Waals surface area contributed by atoms with E-state index in [1.165, 1.54) is 10.6 Å². The number of hydrogen-bond acceptors (Lipinski definition) is 6. The molecular weight excluding hydrogens is 517 g/mol. The van der Waals surface area contributed by atoms with Crippen molar-refractivity contribution in [2.75, 3.05) is 51.7 Å². The Morgan fingerprint density at radius 2 is 1.76 bits per heavy atom. The van der Waals surface area contributed by atoms with E-state index in [2.05, 4.69) is 0 Å². The molecule has 0 unspecified atom stereocenters. The van der Waals surface area contributed by atoms with E-state index < -0.39 is 16.2 Å². The number of halogens is 2. The molecule has 0 aliphatic carbocycles. The molecule has 9 nitrogen and oxygen atoms in total. The highest BCUT2D eigenvalue weighted by atomic mass is 35.5. The molecule has 11 heteroatoms. The Morgan fingerprint density at radius 3 is 2.38 bits per heavy atom. The van der Waals surface area contributed by atoms with E-state index in [4.69, 9.17) is 23.2 Å². The van der Waals surface area contributed by atoms with Crippen molar-refractivity contribution in [1.29, 1.82) is 0 Å². The first kappa shape index (κ1) is 26.9. The smallest absolute Gasteiger partial charge is 0.357 e. The number of rotatable bonds is 7. The fraction of sp³-hybridized carbons (Fsp3) is 0.385.